The first-order chi connectivity index (χ1) is 8.11. The first-order valence-electron chi connectivity index (χ1n) is 4.88. The number of carboxylic acid groups (broad SMARTS) is 1. The number of carboxylic acids is 1. The zero-order valence-electron chi connectivity index (χ0n) is 9.05. The Labute approximate surface area is 97.6 Å². The second kappa shape index (κ2) is 6.44. The Kier molecular flexibility index (Phi) is 4.89. The Morgan fingerprint density at radius 1 is 1.53 bits per heavy atom. The molecule has 0 saturated heterocycles. The van der Waals surface area contributed by atoms with Crippen molar-refractivity contribution in [1.29, 1.82) is 0 Å². The van der Waals surface area contributed by atoms with Gasteiger partial charge in [0, 0.05) is 18.9 Å². The molecule has 7 nitrogen and oxygen atoms in total. The molecule has 1 rings (SSSR count). The van der Waals surface area contributed by atoms with Crippen molar-refractivity contribution in [3.05, 3.63) is 24.0 Å². The number of nitrogens with two attached hydrogens (primary N) is 1. The van der Waals surface area contributed by atoms with Gasteiger partial charge in [-0.1, -0.05) is 0 Å². The number of aromatic carboxylic acids is 1. The number of hydrogen-bond donors (Lipinski definition) is 3. The van der Waals surface area contributed by atoms with Gasteiger partial charge in [0.1, 0.15) is 12.2 Å². The molecule has 0 radical (unpaired) electrons. The molecule has 7 heteroatoms. The molecule has 1 amide bonds. The number of ether oxygens (including phenoxy) is 1. The highest BCUT2D eigenvalue weighted by atomic mass is 16.5. The van der Waals surface area contributed by atoms with Gasteiger partial charge in [0.05, 0.1) is 12.3 Å². The van der Waals surface area contributed by atoms with Gasteiger partial charge in [-0.25, -0.2) is 4.79 Å². The van der Waals surface area contributed by atoms with Crippen LogP contribution in [0.15, 0.2) is 18.5 Å². The van der Waals surface area contributed by atoms with Crippen molar-refractivity contribution in [2.24, 2.45) is 5.73 Å². The molecule has 0 bridgehead atoms. The van der Waals surface area contributed by atoms with E-state index in [1.54, 1.807) is 6.07 Å². The number of amides is 1. The molecule has 4 N–H and O–H groups in total. The molecule has 1 aromatic rings. The maximum absolute atomic E-state index is 10.8. The summed E-state index contributed by atoms with van der Waals surface area (Å²) in [6.07, 6.45) is 2.74. The number of nitrogens with one attached hydrogen (secondary N) is 1. The lowest BCUT2D eigenvalue weighted by atomic mass is 10.2. The van der Waals surface area contributed by atoms with Gasteiger partial charge in [-0.3, -0.25) is 9.78 Å². The van der Waals surface area contributed by atoms with E-state index in [-0.39, 0.29) is 18.8 Å². The summed E-state index contributed by atoms with van der Waals surface area (Å²) in [5.41, 5.74) is 5.42. The summed E-state index contributed by atoms with van der Waals surface area (Å²) in [4.78, 5) is 24.9. The Morgan fingerprint density at radius 2 is 2.29 bits per heavy atom. The number of aromatic nitrogens is 1. The normalized spacial score (nSPS) is 9.88. The van der Waals surface area contributed by atoms with Crippen molar-refractivity contribution in [2.75, 3.05) is 25.1 Å². The monoisotopic (exact) mass is 239 g/mol. The maximum atomic E-state index is 10.8. The number of carbonyl (C=O) groups excluding carboxylic acids is 1. The third-order valence-electron chi connectivity index (χ3n) is 1.86. The summed E-state index contributed by atoms with van der Waals surface area (Å²) in [5, 5.41) is 11.7. The number of carbonyl (C=O) groups is 2. The van der Waals surface area contributed by atoms with Gasteiger partial charge < -0.3 is 20.9 Å². The van der Waals surface area contributed by atoms with Crippen molar-refractivity contribution >= 4 is 17.6 Å². The van der Waals surface area contributed by atoms with E-state index in [2.05, 4.69) is 10.3 Å². The van der Waals surface area contributed by atoms with Crippen LogP contribution in [-0.4, -0.2) is 41.7 Å². The lowest BCUT2D eigenvalue weighted by Crippen LogP contribution is -2.21. The van der Waals surface area contributed by atoms with E-state index in [0.717, 1.165) is 0 Å². The topological polar surface area (TPSA) is 115 Å². The van der Waals surface area contributed by atoms with Gasteiger partial charge in [-0.15, -0.1) is 0 Å². The molecule has 92 valence electrons. The van der Waals surface area contributed by atoms with Gasteiger partial charge in [0.15, 0.2) is 0 Å². The fraction of sp³-hybridized carbons (Fsp3) is 0.300. The number of rotatable bonds is 7. The van der Waals surface area contributed by atoms with Crippen molar-refractivity contribution in [2.45, 2.75) is 0 Å². The van der Waals surface area contributed by atoms with Crippen LogP contribution in [0.3, 0.4) is 0 Å². The summed E-state index contributed by atoms with van der Waals surface area (Å²) in [6.45, 7) is 0.478. The number of pyridine rings is 1. The van der Waals surface area contributed by atoms with Gasteiger partial charge in [0.2, 0.25) is 5.91 Å². The summed E-state index contributed by atoms with van der Waals surface area (Å²) in [5.74, 6) is -1.60. The van der Waals surface area contributed by atoms with E-state index >= 15 is 0 Å². The molecule has 0 aliphatic heterocycles. The van der Waals surface area contributed by atoms with E-state index in [9.17, 15) is 9.59 Å². The average molecular weight is 239 g/mol. The Morgan fingerprint density at radius 3 is 2.94 bits per heavy atom. The SMILES string of the molecule is NC(=O)COCCNc1ccncc1C(=O)O. The van der Waals surface area contributed by atoms with E-state index in [1.807, 2.05) is 0 Å². The molecular weight excluding hydrogens is 226 g/mol. The third kappa shape index (κ3) is 4.47. The second-order valence-corrected chi connectivity index (χ2v) is 3.17. The van der Waals surface area contributed by atoms with Crippen molar-refractivity contribution in [3.8, 4) is 0 Å². The first-order valence-corrected chi connectivity index (χ1v) is 4.88. The van der Waals surface area contributed by atoms with Crippen molar-refractivity contribution in [1.82, 2.24) is 4.98 Å². The van der Waals surface area contributed by atoms with Crippen LogP contribution in [0, 0.1) is 0 Å². The summed E-state index contributed by atoms with van der Waals surface area (Å²) in [6, 6.07) is 1.55. The molecule has 0 saturated carbocycles. The highest BCUT2D eigenvalue weighted by Gasteiger charge is 2.08. The van der Waals surface area contributed by atoms with E-state index in [1.165, 1.54) is 12.4 Å². The van der Waals surface area contributed by atoms with Crippen LogP contribution in [0.2, 0.25) is 0 Å². The van der Waals surface area contributed by atoms with Crippen LogP contribution >= 0.6 is 0 Å². The lowest BCUT2D eigenvalue weighted by molar-refractivity contribution is -0.122. The smallest absolute Gasteiger partial charge is 0.339 e. The third-order valence-corrected chi connectivity index (χ3v) is 1.86. The number of hydrogen-bond acceptors (Lipinski definition) is 5. The molecular formula is C10H13N3O4. The van der Waals surface area contributed by atoms with Crippen LogP contribution in [0.5, 0.6) is 0 Å². The van der Waals surface area contributed by atoms with Crippen LogP contribution in [-0.2, 0) is 9.53 Å². The standard InChI is InChI=1S/C10H13N3O4/c11-9(14)6-17-4-3-13-8-1-2-12-5-7(8)10(15)16/h1-2,5H,3-4,6H2,(H2,11,14)(H,12,13)(H,15,16). The van der Waals surface area contributed by atoms with Gasteiger partial charge in [-0.05, 0) is 6.07 Å². The predicted octanol–water partition coefficient (Wildman–Crippen LogP) is -0.306. The zero-order valence-corrected chi connectivity index (χ0v) is 9.05. The molecule has 0 aliphatic rings. The van der Waals surface area contributed by atoms with Crippen molar-refractivity contribution < 1.29 is 19.4 Å². The zero-order chi connectivity index (χ0) is 12.7. The van der Waals surface area contributed by atoms with Crippen molar-refractivity contribution in [3.63, 3.8) is 0 Å². The Hall–Kier alpha value is -2.15. The Balaban J connectivity index is 2.41. The number of primary amides is 1. The van der Waals surface area contributed by atoms with Gasteiger partial charge >= 0.3 is 5.97 Å². The molecule has 1 heterocycles. The largest absolute Gasteiger partial charge is 0.478 e. The Bertz CT molecular complexity index is 408. The lowest BCUT2D eigenvalue weighted by Gasteiger charge is -2.08. The molecule has 0 aliphatic carbocycles. The van der Waals surface area contributed by atoms with E-state index in [0.29, 0.717) is 12.2 Å². The predicted molar refractivity (Wildman–Crippen MR) is 59.7 cm³/mol. The fourth-order valence-electron chi connectivity index (χ4n) is 1.15. The molecule has 0 spiro atoms. The fourth-order valence-corrected chi connectivity index (χ4v) is 1.15. The highest BCUT2D eigenvalue weighted by Crippen LogP contribution is 2.12. The van der Waals surface area contributed by atoms with E-state index in [4.69, 9.17) is 15.6 Å². The summed E-state index contributed by atoms with van der Waals surface area (Å²) in [7, 11) is 0. The maximum Gasteiger partial charge on any atom is 0.339 e. The van der Waals surface area contributed by atoms with Crippen LogP contribution in [0.25, 0.3) is 0 Å². The molecule has 0 unspecified atom stereocenters. The minimum Gasteiger partial charge on any atom is -0.478 e. The summed E-state index contributed by atoms with van der Waals surface area (Å²) < 4.78 is 4.92. The number of anilines is 1. The molecule has 0 atom stereocenters. The number of nitrogens with zero attached hydrogens (tertiary/aromatic N) is 1. The average Bonchev–Trinajstić information content (AvgIpc) is 2.28. The minimum atomic E-state index is -1.06. The van der Waals surface area contributed by atoms with Gasteiger partial charge in [-0.2, -0.15) is 0 Å². The molecule has 1 aromatic heterocycles. The minimum absolute atomic E-state index is 0.0856. The molecule has 0 fully saturated rings. The van der Waals surface area contributed by atoms with E-state index < -0.39 is 11.9 Å². The molecule has 0 aromatic carbocycles. The van der Waals surface area contributed by atoms with Crippen LogP contribution < -0.4 is 11.1 Å². The summed E-state index contributed by atoms with van der Waals surface area (Å²) >= 11 is 0. The second-order valence-electron chi connectivity index (χ2n) is 3.17. The molecule has 17 heavy (non-hydrogen) atoms. The quantitative estimate of drug-likeness (QED) is 0.562. The first kappa shape index (κ1) is 12.9. The van der Waals surface area contributed by atoms with Gasteiger partial charge in [0.25, 0.3) is 0 Å². The van der Waals surface area contributed by atoms with Crippen LogP contribution in [0.1, 0.15) is 10.4 Å². The van der Waals surface area contributed by atoms with Crippen LogP contribution in [0.4, 0.5) is 5.69 Å². The highest BCUT2D eigenvalue weighted by molar-refractivity contribution is 5.93.